The molecule has 0 amide bonds. The van der Waals surface area contributed by atoms with Gasteiger partial charge < -0.3 is 4.74 Å². The highest BCUT2D eigenvalue weighted by Gasteiger charge is 2.26. The second kappa shape index (κ2) is 5.25. The van der Waals surface area contributed by atoms with Gasteiger partial charge >= 0.3 is 0 Å². The molecule has 0 bridgehead atoms. The van der Waals surface area contributed by atoms with Crippen molar-refractivity contribution in [1.82, 2.24) is 0 Å². The van der Waals surface area contributed by atoms with E-state index in [-0.39, 0.29) is 5.56 Å². The number of rotatable bonds is 2. The SMILES string of the molecule is C#Cc1ccc(-c2c(F)c(F)c(OC)c(F)c2F)cc1. The molecule has 102 valence electrons. The maximum Gasteiger partial charge on any atom is 0.204 e. The first-order valence-electron chi connectivity index (χ1n) is 5.48. The van der Waals surface area contributed by atoms with Crippen molar-refractivity contribution < 1.29 is 22.3 Å². The van der Waals surface area contributed by atoms with Crippen LogP contribution in [0.2, 0.25) is 0 Å². The molecule has 2 rings (SSSR count). The normalized spacial score (nSPS) is 10.2. The lowest BCUT2D eigenvalue weighted by Crippen LogP contribution is -2.03. The van der Waals surface area contributed by atoms with E-state index in [9.17, 15) is 17.6 Å². The number of ether oxygens (including phenoxy) is 1. The van der Waals surface area contributed by atoms with E-state index in [0.29, 0.717) is 5.56 Å². The highest BCUT2D eigenvalue weighted by atomic mass is 19.2. The lowest BCUT2D eigenvalue weighted by Gasteiger charge is -2.11. The monoisotopic (exact) mass is 280 g/mol. The summed E-state index contributed by atoms with van der Waals surface area (Å²) in [5, 5.41) is 0. The molecule has 0 aliphatic heterocycles. The van der Waals surface area contributed by atoms with Crippen LogP contribution in [0.5, 0.6) is 5.75 Å². The molecule has 1 nitrogen and oxygen atoms in total. The fraction of sp³-hybridized carbons (Fsp3) is 0.0667. The second-order valence-corrected chi connectivity index (χ2v) is 3.89. The molecule has 0 N–H and O–H groups in total. The van der Waals surface area contributed by atoms with E-state index in [2.05, 4.69) is 10.7 Å². The molecule has 0 radical (unpaired) electrons. The molecular weight excluding hydrogens is 272 g/mol. The summed E-state index contributed by atoms with van der Waals surface area (Å²) in [6.45, 7) is 0. The number of hydrogen-bond acceptors (Lipinski definition) is 1. The van der Waals surface area contributed by atoms with Crippen molar-refractivity contribution in [2.75, 3.05) is 7.11 Å². The van der Waals surface area contributed by atoms with Crippen LogP contribution in [0.4, 0.5) is 17.6 Å². The van der Waals surface area contributed by atoms with Crippen molar-refractivity contribution in [3.63, 3.8) is 0 Å². The van der Waals surface area contributed by atoms with E-state index in [0.717, 1.165) is 7.11 Å². The Morgan fingerprint density at radius 3 is 1.80 bits per heavy atom. The molecule has 0 saturated carbocycles. The topological polar surface area (TPSA) is 9.23 Å². The lowest BCUT2D eigenvalue weighted by atomic mass is 10.0. The molecule has 0 spiro atoms. The molecule has 0 unspecified atom stereocenters. The maximum atomic E-state index is 13.9. The van der Waals surface area contributed by atoms with E-state index >= 15 is 0 Å². The predicted molar refractivity (Wildman–Crippen MR) is 66.2 cm³/mol. The third-order valence-corrected chi connectivity index (χ3v) is 2.77. The first-order valence-corrected chi connectivity index (χ1v) is 5.48. The summed E-state index contributed by atoms with van der Waals surface area (Å²) < 4.78 is 59.2. The van der Waals surface area contributed by atoms with Crippen LogP contribution in [0.3, 0.4) is 0 Å². The standard InChI is InChI=1S/C15H8F4O/c1-3-8-4-6-9(7-5-8)10-11(16)13(18)15(20-2)14(19)12(10)17/h1,4-7H,2H3. The van der Waals surface area contributed by atoms with Crippen LogP contribution >= 0.6 is 0 Å². The molecule has 20 heavy (non-hydrogen) atoms. The van der Waals surface area contributed by atoms with Crippen LogP contribution in [0.25, 0.3) is 11.1 Å². The van der Waals surface area contributed by atoms with Gasteiger partial charge in [0.2, 0.25) is 11.6 Å². The van der Waals surface area contributed by atoms with Crippen LogP contribution in [0.15, 0.2) is 24.3 Å². The van der Waals surface area contributed by atoms with Crippen molar-refractivity contribution in [1.29, 1.82) is 0 Å². The van der Waals surface area contributed by atoms with E-state index < -0.39 is 34.6 Å². The van der Waals surface area contributed by atoms with Crippen molar-refractivity contribution in [2.24, 2.45) is 0 Å². The average molecular weight is 280 g/mol. The summed E-state index contributed by atoms with van der Waals surface area (Å²) in [5.41, 5.74) is -0.354. The zero-order valence-electron chi connectivity index (χ0n) is 10.3. The van der Waals surface area contributed by atoms with Crippen LogP contribution in [-0.4, -0.2) is 7.11 Å². The molecular formula is C15H8F4O. The fourth-order valence-electron chi connectivity index (χ4n) is 1.78. The Hall–Kier alpha value is -2.48. The van der Waals surface area contributed by atoms with Gasteiger partial charge in [0, 0.05) is 5.56 Å². The van der Waals surface area contributed by atoms with Gasteiger partial charge in [-0.25, -0.2) is 8.78 Å². The first-order chi connectivity index (χ1) is 9.51. The van der Waals surface area contributed by atoms with Crippen LogP contribution in [0, 0.1) is 35.6 Å². The summed E-state index contributed by atoms with van der Waals surface area (Å²) in [7, 11) is 0.918. The molecule has 0 atom stereocenters. The third kappa shape index (κ3) is 2.10. The van der Waals surface area contributed by atoms with Crippen LogP contribution < -0.4 is 4.74 Å². The molecule has 0 aliphatic rings. The number of halogens is 4. The summed E-state index contributed by atoms with van der Waals surface area (Å²) in [4.78, 5) is 0. The minimum atomic E-state index is -1.58. The zero-order chi connectivity index (χ0) is 14.9. The van der Waals surface area contributed by atoms with Gasteiger partial charge in [-0.1, -0.05) is 18.1 Å². The lowest BCUT2D eigenvalue weighted by molar-refractivity contribution is 0.334. The van der Waals surface area contributed by atoms with Gasteiger partial charge in [-0.05, 0) is 17.7 Å². The minimum Gasteiger partial charge on any atom is -0.491 e. The highest BCUT2D eigenvalue weighted by Crippen LogP contribution is 2.35. The molecule has 0 saturated heterocycles. The average Bonchev–Trinajstić information content (AvgIpc) is 2.47. The minimum absolute atomic E-state index is 0.0283. The molecule has 0 aromatic heterocycles. The van der Waals surface area contributed by atoms with Crippen molar-refractivity contribution >= 4 is 0 Å². The van der Waals surface area contributed by atoms with Gasteiger partial charge in [0.05, 0.1) is 12.7 Å². The summed E-state index contributed by atoms with van der Waals surface area (Å²) in [5.74, 6) is -4.97. The van der Waals surface area contributed by atoms with Crippen molar-refractivity contribution in [3.8, 4) is 29.2 Å². The number of benzene rings is 2. The van der Waals surface area contributed by atoms with E-state index in [1.807, 2.05) is 0 Å². The molecule has 0 aliphatic carbocycles. The Bertz CT molecular complexity index is 670. The molecule has 2 aromatic rings. The Balaban J connectivity index is 2.71. The van der Waals surface area contributed by atoms with Crippen LogP contribution in [-0.2, 0) is 0 Å². The Morgan fingerprint density at radius 1 is 0.900 bits per heavy atom. The van der Waals surface area contributed by atoms with Crippen molar-refractivity contribution in [3.05, 3.63) is 53.1 Å². The second-order valence-electron chi connectivity index (χ2n) is 3.89. The summed E-state index contributed by atoms with van der Waals surface area (Å²) in [6.07, 6.45) is 5.15. The highest BCUT2D eigenvalue weighted by molar-refractivity contribution is 5.67. The van der Waals surface area contributed by atoms with E-state index in [1.54, 1.807) is 0 Å². The van der Waals surface area contributed by atoms with Gasteiger partial charge in [0.15, 0.2) is 17.4 Å². The number of methoxy groups -OCH3 is 1. The molecule has 5 heteroatoms. The number of hydrogen-bond donors (Lipinski definition) is 0. The summed E-state index contributed by atoms with van der Waals surface area (Å²) >= 11 is 0. The number of terminal acetylenes is 1. The quantitative estimate of drug-likeness (QED) is 0.460. The smallest absolute Gasteiger partial charge is 0.204 e. The summed E-state index contributed by atoms with van der Waals surface area (Å²) in [6, 6.07) is 5.38. The van der Waals surface area contributed by atoms with Gasteiger partial charge in [-0.2, -0.15) is 8.78 Å². The van der Waals surface area contributed by atoms with E-state index in [4.69, 9.17) is 6.42 Å². The van der Waals surface area contributed by atoms with E-state index in [1.165, 1.54) is 24.3 Å². The van der Waals surface area contributed by atoms with Gasteiger partial charge in [-0.15, -0.1) is 6.42 Å². The van der Waals surface area contributed by atoms with Gasteiger partial charge in [-0.3, -0.25) is 0 Å². The zero-order valence-corrected chi connectivity index (χ0v) is 10.3. The van der Waals surface area contributed by atoms with Crippen molar-refractivity contribution in [2.45, 2.75) is 0 Å². The molecule has 0 heterocycles. The Morgan fingerprint density at radius 2 is 1.40 bits per heavy atom. The largest absolute Gasteiger partial charge is 0.491 e. The van der Waals surface area contributed by atoms with Crippen LogP contribution in [0.1, 0.15) is 5.56 Å². The van der Waals surface area contributed by atoms with Gasteiger partial charge in [0.1, 0.15) is 0 Å². The third-order valence-electron chi connectivity index (χ3n) is 2.77. The maximum absolute atomic E-state index is 13.9. The Kier molecular flexibility index (Phi) is 3.66. The first kappa shape index (κ1) is 13.9. The predicted octanol–water partition coefficient (Wildman–Crippen LogP) is 3.90. The Labute approximate surface area is 112 Å². The fourth-order valence-corrected chi connectivity index (χ4v) is 1.78. The molecule has 0 fully saturated rings. The molecule has 2 aromatic carbocycles. The van der Waals surface area contributed by atoms with Gasteiger partial charge in [0.25, 0.3) is 0 Å².